The highest BCUT2D eigenvalue weighted by Gasteiger charge is 2.51. The molecule has 0 radical (unpaired) electrons. The van der Waals surface area contributed by atoms with Crippen LogP contribution in [0, 0.1) is 11.6 Å². The van der Waals surface area contributed by atoms with Crippen LogP contribution in [0.4, 0.5) is 20.3 Å². The van der Waals surface area contributed by atoms with Crippen LogP contribution in [-0.2, 0) is 32.6 Å². The number of amides is 3. The van der Waals surface area contributed by atoms with E-state index < -0.39 is 29.0 Å². The van der Waals surface area contributed by atoms with Gasteiger partial charge in [0.15, 0.2) is 0 Å². The van der Waals surface area contributed by atoms with E-state index in [0.717, 1.165) is 35.7 Å². The summed E-state index contributed by atoms with van der Waals surface area (Å²) in [5, 5.41) is 5.79. The lowest BCUT2D eigenvalue weighted by Crippen LogP contribution is -2.57. The molecule has 4 aliphatic rings. The Labute approximate surface area is 229 Å². The van der Waals surface area contributed by atoms with Gasteiger partial charge in [-0.3, -0.25) is 19.3 Å². The highest BCUT2D eigenvalue weighted by Crippen LogP contribution is 2.47. The molecule has 3 aliphatic heterocycles. The van der Waals surface area contributed by atoms with Crippen LogP contribution in [0.5, 0.6) is 0 Å². The van der Waals surface area contributed by atoms with Crippen molar-refractivity contribution in [3.8, 4) is 0 Å². The van der Waals surface area contributed by atoms with Crippen molar-refractivity contribution in [3.63, 3.8) is 0 Å². The molecular formula is C30H27F2N5O3. The first kappa shape index (κ1) is 24.8. The van der Waals surface area contributed by atoms with Crippen LogP contribution in [0.2, 0.25) is 0 Å². The zero-order valence-corrected chi connectivity index (χ0v) is 21.6. The largest absolute Gasteiger partial charge is 0.325 e. The van der Waals surface area contributed by atoms with Crippen molar-refractivity contribution in [1.29, 1.82) is 0 Å². The molecule has 1 aliphatic carbocycles. The van der Waals surface area contributed by atoms with Crippen molar-refractivity contribution < 1.29 is 23.2 Å². The topological polar surface area (TPSA) is 94.6 Å². The van der Waals surface area contributed by atoms with Gasteiger partial charge in [-0.1, -0.05) is 12.1 Å². The normalized spacial score (nSPS) is 25.1. The second kappa shape index (κ2) is 9.19. The summed E-state index contributed by atoms with van der Waals surface area (Å²) < 4.78 is 28.2. The number of nitrogens with one attached hydrogen (secondary N) is 2. The summed E-state index contributed by atoms with van der Waals surface area (Å²) in [5.41, 5.74) is 3.06. The second-order valence-electron chi connectivity index (χ2n) is 11.2. The first-order chi connectivity index (χ1) is 19.3. The Morgan fingerprint density at radius 2 is 1.85 bits per heavy atom. The number of pyridine rings is 1. The molecule has 8 nitrogen and oxygen atoms in total. The number of hydrogen-bond acceptors (Lipinski definition) is 5. The third kappa shape index (κ3) is 3.97. The van der Waals surface area contributed by atoms with Crippen LogP contribution in [-0.4, -0.2) is 58.2 Å². The minimum atomic E-state index is -0.722. The molecule has 7 rings (SSSR count). The molecule has 3 aromatic rings. The van der Waals surface area contributed by atoms with Crippen LogP contribution in [0.25, 0.3) is 0 Å². The maximum Gasteiger partial charge on any atom is 0.244 e. The van der Waals surface area contributed by atoms with E-state index in [0.29, 0.717) is 42.9 Å². The molecule has 1 unspecified atom stereocenters. The zero-order valence-electron chi connectivity index (χ0n) is 21.6. The molecule has 0 saturated carbocycles. The Kier molecular flexibility index (Phi) is 5.71. The van der Waals surface area contributed by atoms with Crippen molar-refractivity contribution >= 4 is 29.2 Å². The number of carbonyl (C=O) groups excluding carboxylic acids is 3. The van der Waals surface area contributed by atoms with Crippen molar-refractivity contribution in [2.24, 2.45) is 0 Å². The summed E-state index contributed by atoms with van der Waals surface area (Å²) in [7, 11) is 0. The van der Waals surface area contributed by atoms with Gasteiger partial charge in [-0.25, -0.2) is 13.8 Å². The van der Waals surface area contributed by atoms with Gasteiger partial charge in [-0.05, 0) is 79.3 Å². The fraction of sp³-hybridized carbons (Fsp3) is 0.333. The van der Waals surface area contributed by atoms with Gasteiger partial charge in [0.1, 0.15) is 24.0 Å². The molecule has 10 heteroatoms. The fourth-order valence-corrected chi connectivity index (χ4v) is 6.93. The summed E-state index contributed by atoms with van der Waals surface area (Å²) in [5.74, 6) is -1.53. The van der Waals surface area contributed by atoms with Crippen molar-refractivity contribution in [2.45, 2.75) is 43.2 Å². The Balaban J connectivity index is 1.11. The van der Waals surface area contributed by atoms with Crippen LogP contribution in [0.1, 0.15) is 41.1 Å². The highest BCUT2D eigenvalue weighted by molar-refractivity contribution is 6.06. The maximum atomic E-state index is 14.1. The quantitative estimate of drug-likeness (QED) is 0.527. The molecule has 0 bridgehead atoms. The third-order valence-electron chi connectivity index (χ3n) is 8.76. The van der Waals surface area contributed by atoms with Crippen molar-refractivity contribution in [3.05, 3.63) is 88.6 Å². The number of anilines is 2. The molecular weight excluding hydrogens is 516 g/mol. The minimum absolute atomic E-state index is 0.0765. The van der Waals surface area contributed by atoms with Gasteiger partial charge in [0.25, 0.3) is 0 Å². The number of rotatable bonds is 4. The van der Waals surface area contributed by atoms with Gasteiger partial charge >= 0.3 is 0 Å². The van der Waals surface area contributed by atoms with E-state index in [1.165, 1.54) is 17.0 Å². The first-order valence-electron chi connectivity index (χ1n) is 13.5. The van der Waals surface area contributed by atoms with Gasteiger partial charge in [0.2, 0.25) is 17.7 Å². The number of carbonyl (C=O) groups is 3. The van der Waals surface area contributed by atoms with Gasteiger partial charge < -0.3 is 15.5 Å². The van der Waals surface area contributed by atoms with E-state index in [1.807, 2.05) is 29.2 Å². The fourth-order valence-electron chi connectivity index (χ4n) is 6.93. The number of benzene rings is 2. The average molecular weight is 544 g/mol. The molecule has 3 atom stereocenters. The van der Waals surface area contributed by atoms with Gasteiger partial charge in [-0.15, -0.1) is 0 Å². The molecule has 1 spiro atoms. The molecule has 2 N–H and O–H groups in total. The molecule has 2 fully saturated rings. The van der Waals surface area contributed by atoms with E-state index in [2.05, 4.69) is 15.6 Å². The Hall–Kier alpha value is -4.18. The lowest BCUT2D eigenvalue weighted by molar-refractivity contribution is -0.147. The van der Waals surface area contributed by atoms with Gasteiger partial charge in [-0.2, -0.15) is 0 Å². The predicted molar refractivity (Wildman–Crippen MR) is 142 cm³/mol. The molecule has 1 aromatic heterocycles. The van der Waals surface area contributed by atoms with Crippen LogP contribution < -0.4 is 10.6 Å². The average Bonchev–Trinajstić information content (AvgIpc) is 3.61. The Bertz CT molecular complexity index is 1560. The SMILES string of the molecule is O=C(CN1C(=O)C2CCCN2C[C@@H]1c1cc(F)cc(F)c1)Nc1ccc2c(c1)C[C@@]1(C2)C(=O)Nc2ncccc21. The molecule has 204 valence electrons. The first-order valence-corrected chi connectivity index (χ1v) is 13.5. The van der Waals surface area contributed by atoms with Crippen LogP contribution in [0.15, 0.2) is 54.7 Å². The van der Waals surface area contributed by atoms with E-state index in [9.17, 15) is 23.2 Å². The number of aromatic nitrogens is 1. The van der Waals surface area contributed by atoms with E-state index in [1.54, 1.807) is 12.3 Å². The minimum Gasteiger partial charge on any atom is -0.325 e. The van der Waals surface area contributed by atoms with Crippen LogP contribution >= 0.6 is 0 Å². The molecule has 2 saturated heterocycles. The lowest BCUT2D eigenvalue weighted by atomic mass is 9.79. The summed E-state index contributed by atoms with van der Waals surface area (Å²) in [6.45, 7) is 0.903. The molecule has 4 heterocycles. The predicted octanol–water partition coefficient (Wildman–Crippen LogP) is 3.33. The molecule has 3 amide bonds. The van der Waals surface area contributed by atoms with Crippen LogP contribution in [0.3, 0.4) is 0 Å². The van der Waals surface area contributed by atoms with Gasteiger partial charge in [0, 0.05) is 30.1 Å². The summed E-state index contributed by atoms with van der Waals surface area (Å²) in [6, 6.07) is 11.6. The Morgan fingerprint density at radius 3 is 2.67 bits per heavy atom. The number of piperazine rings is 1. The standard InChI is InChI=1S/C30H27F2N5O3/c31-20-9-18(10-21(32)12-20)25-15-36-8-2-4-24(36)28(39)37(25)16-26(38)34-22-6-5-17-13-30(14-19(17)11-22)23-3-1-7-33-27(23)35-29(30)40/h1,3,5-7,9-12,24-25H,2,4,8,13-16H2,(H,34,38)(H,33,35,40)/t24?,25-,30-/m1/s1. The Morgan fingerprint density at radius 1 is 1.05 bits per heavy atom. The molecule has 2 aromatic carbocycles. The van der Waals surface area contributed by atoms with Gasteiger partial charge in [0.05, 0.1) is 17.5 Å². The summed E-state index contributed by atoms with van der Waals surface area (Å²) >= 11 is 0. The van der Waals surface area contributed by atoms with E-state index in [4.69, 9.17) is 0 Å². The highest BCUT2D eigenvalue weighted by atomic mass is 19.1. The van der Waals surface area contributed by atoms with E-state index >= 15 is 0 Å². The van der Waals surface area contributed by atoms with Crippen molar-refractivity contribution in [1.82, 2.24) is 14.8 Å². The smallest absolute Gasteiger partial charge is 0.244 e. The van der Waals surface area contributed by atoms with Crippen molar-refractivity contribution in [2.75, 3.05) is 30.3 Å². The number of halogens is 2. The summed E-state index contributed by atoms with van der Waals surface area (Å²) in [6.07, 6.45) is 4.25. The third-order valence-corrected chi connectivity index (χ3v) is 8.76. The zero-order chi connectivity index (χ0) is 27.6. The summed E-state index contributed by atoms with van der Waals surface area (Å²) in [4.78, 5) is 47.5. The molecule has 40 heavy (non-hydrogen) atoms. The lowest BCUT2D eigenvalue weighted by Gasteiger charge is -2.43. The maximum absolute atomic E-state index is 14.1. The number of fused-ring (bicyclic) bond motifs is 4. The monoisotopic (exact) mass is 543 g/mol. The number of nitrogens with zero attached hydrogens (tertiary/aromatic N) is 3. The number of hydrogen-bond donors (Lipinski definition) is 2. The van der Waals surface area contributed by atoms with E-state index in [-0.39, 0.29) is 24.4 Å². The second-order valence-corrected chi connectivity index (χ2v) is 11.2.